The largest absolute Gasteiger partial charge is 0.380 e. The highest BCUT2D eigenvalue weighted by atomic mass is 16.5. The van der Waals surface area contributed by atoms with Gasteiger partial charge in [-0.1, -0.05) is 25.5 Å². The van der Waals surface area contributed by atoms with Crippen LogP contribution in [-0.2, 0) is 24.4 Å². The molecule has 0 aromatic carbocycles. The van der Waals surface area contributed by atoms with Crippen LogP contribution < -0.4 is 17.1 Å². The highest BCUT2D eigenvalue weighted by Crippen LogP contribution is 1.88. The van der Waals surface area contributed by atoms with Crippen LogP contribution in [0.1, 0.15) is 19.8 Å². The van der Waals surface area contributed by atoms with Crippen molar-refractivity contribution in [1.82, 2.24) is 13.7 Å². The van der Waals surface area contributed by atoms with Gasteiger partial charge in [-0.25, -0.2) is 28.1 Å². The third-order valence-electron chi connectivity index (χ3n) is 3.11. The van der Waals surface area contributed by atoms with E-state index < -0.39 is 17.1 Å². The molecule has 0 spiro atoms. The molecule has 1 aromatic rings. The molecule has 0 fully saturated rings. The van der Waals surface area contributed by atoms with Crippen LogP contribution >= 0.6 is 0 Å². The van der Waals surface area contributed by atoms with Gasteiger partial charge in [-0.05, 0) is 6.42 Å². The van der Waals surface area contributed by atoms with Gasteiger partial charge in [-0.2, -0.15) is 0 Å². The summed E-state index contributed by atoms with van der Waals surface area (Å²) in [6, 6.07) is 0. The van der Waals surface area contributed by atoms with E-state index in [0.717, 1.165) is 26.5 Å². The minimum atomic E-state index is -0.655. The zero-order chi connectivity index (χ0) is 16.5. The molecule has 0 bridgehead atoms. The van der Waals surface area contributed by atoms with Crippen molar-refractivity contribution in [1.29, 1.82) is 0 Å². The van der Waals surface area contributed by atoms with Gasteiger partial charge >= 0.3 is 17.1 Å². The molecule has 7 heteroatoms. The van der Waals surface area contributed by atoms with Crippen molar-refractivity contribution < 1.29 is 4.74 Å². The number of rotatable bonds is 10. The van der Waals surface area contributed by atoms with Crippen LogP contribution in [0.25, 0.3) is 0 Å². The Balaban J connectivity index is 3.17. The summed E-state index contributed by atoms with van der Waals surface area (Å²) >= 11 is 0. The van der Waals surface area contributed by atoms with E-state index in [1.165, 1.54) is 12.2 Å². The molecule has 0 aliphatic rings. The molecule has 0 atom stereocenters. The number of hydrogen-bond acceptors (Lipinski definition) is 4. The summed E-state index contributed by atoms with van der Waals surface area (Å²) in [4.78, 5) is 36.7. The van der Waals surface area contributed by atoms with E-state index in [9.17, 15) is 14.4 Å². The lowest BCUT2D eigenvalue weighted by molar-refractivity contribution is 0.120. The molecule has 0 unspecified atom stereocenters. The zero-order valence-electron chi connectivity index (χ0n) is 13.0. The fourth-order valence-corrected chi connectivity index (χ4v) is 1.95. The number of hydrogen-bond donors (Lipinski definition) is 0. The van der Waals surface area contributed by atoms with Gasteiger partial charge in [0.05, 0.1) is 26.2 Å². The number of aromatic nitrogens is 3. The van der Waals surface area contributed by atoms with Crippen LogP contribution in [0, 0.1) is 0 Å². The summed E-state index contributed by atoms with van der Waals surface area (Å²) in [7, 11) is 0. The predicted octanol–water partition coefficient (Wildman–Crippen LogP) is 0.360. The van der Waals surface area contributed by atoms with Gasteiger partial charge in [0.1, 0.15) is 0 Å². The summed E-state index contributed by atoms with van der Waals surface area (Å²) in [6.45, 7) is 10.1. The van der Waals surface area contributed by atoms with E-state index in [1.807, 2.05) is 6.92 Å². The Labute approximate surface area is 128 Å². The lowest BCUT2D eigenvalue weighted by Gasteiger charge is -2.12. The maximum absolute atomic E-state index is 12.3. The van der Waals surface area contributed by atoms with Crippen molar-refractivity contribution in [3.63, 3.8) is 0 Å². The number of nitrogens with zero attached hydrogens (tertiary/aromatic N) is 3. The second-order valence-electron chi connectivity index (χ2n) is 4.76. The Bertz CT molecular complexity index is 633. The molecule has 1 rings (SSSR count). The standard InChI is InChI=1S/C15H23N3O4/c1-4-7-11-22-12-10-18-14(20)16(8-5-2)13(19)17(9-6-3)15(18)21/h5-6H,2-4,7-12H2,1H3. The average molecular weight is 309 g/mol. The molecule has 0 aliphatic carbocycles. The SMILES string of the molecule is C=CCn1c(=O)n(CC=C)c(=O)n(CCOCCCC)c1=O. The molecule has 1 aromatic heterocycles. The summed E-state index contributed by atoms with van der Waals surface area (Å²) in [5.74, 6) is 0. The second kappa shape index (κ2) is 8.99. The summed E-state index contributed by atoms with van der Waals surface area (Å²) in [5.41, 5.74) is -1.94. The Hall–Kier alpha value is -2.15. The van der Waals surface area contributed by atoms with Gasteiger partial charge in [-0.15, -0.1) is 13.2 Å². The summed E-state index contributed by atoms with van der Waals surface area (Å²) < 4.78 is 8.35. The molecule has 122 valence electrons. The average Bonchev–Trinajstić information content (AvgIpc) is 2.51. The van der Waals surface area contributed by atoms with Crippen LogP contribution in [0.5, 0.6) is 0 Å². The molecule has 7 nitrogen and oxygen atoms in total. The molecule has 0 saturated carbocycles. The highest BCUT2D eigenvalue weighted by Gasteiger charge is 2.13. The number of ether oxygens (including phenoxy) is 1. The van der Waals surface area contributed by atoms with Gasteiger partial charge < -0.3 is 4.74 Å². The maximum Gasteiger partial charge on any atom is 0.336 e. The normalized spacial score (nSPS) is 10.6. The van der Waals surface area contributed by atoms with Crippen LogP contribution in [0.2, 0.25) is 0 Å². The highest BCUT2D eigenvalue weighted by molar-refractivity contribution is 4.84. The van der Waals surface area contributed by atoms with Crippen LogP contribution in [0.4, 0.5) is 0 Å². The Morgan fingerprint density at radius 3 is 1.86 bits per heavy atom. The fourth-order valence-electron chi connectivity index (χ4n) is 1.95. The Morgan fingerprint density at radius 1 is 0.909 bits per heavy atom. The van der Waals surface area contributed by atoms with Gasteiger partial charge in [0.15, 0.2) is 0 Å². The van der Waals surface area contributed by atoms with Gasteiger partial charge in [-0.3, -0.25) is 0 Å². The van der Waals surface area contributed by atoms with E-state index in [1.54, 1.807) is 0 Å². The van der Waals surface area contributed by atoms with Crippen LogP contribution in [0.3, 0.4) is 0 Å². The minimum Gasteiger partial charge on any atom is -0.380 e. The fraction of sp³-hybridized carbons (Fsp3) is 0.533. The minimum absolute atomic E-state index is 0.0474. The Kier molecular flexibility index (Phi) is 7.31. The quantitative estimate of drug-likeness (QED) is 0.462. The maximum atomic E-state index is 12.3. The molecule has 0 aliphatic heterocycles. The lowest BCUT2D eigenvalue weighted by Crippen LogP contribution is -2.54. The van der Waals surface area contributed by atoms with E-state index in [0.29, 0.717) is 6.61 Å². The first-order chi connectivity index (χ1) is 10.6. The van der Waals surface area contributed by atoms with Crippen molar-refractivity contribution in [3.05, 3.63) is 56.8 Å². The first kappa shape index (κ1) is 17.9. The number of allylic oxidation sites excluding steroid dienone is 2. The zero-order valence-corrected chi connectivity index (χ0v) is 13.0. The first-order valence-corrected chi connectivity index (χ1v) is 7.32. The monoisotopic (exact) mass is 309 g/mol. The van der Waals surface area contributed by atoms with E-state index in [4.69, 9.17) is 4.74 Å². The second-order valence-corrected chi connectivity index (χ2v) is 4.76. The van der Waals surface area contributed by atoms with Crippen molar-refractivity contribution in [3.8, 4) is 0 Å². The molecule has 0 saturated heterocycles. The smallest absolute Gasteiger partial charge is 0.336 e. The molecule has 0 radical (unpaired) electrons. The molecular formula is C15H23N3O4. The topological polar surface area (TPSA) is 75.2 Å². The summed E-state index contributed by atoms with van der Waals surface area (Å²) in [5, 5.41) is 0. The van der Waals surface area contributed by atoms with Crippen LogP contribution in [-0.4, -0.2) is 26.9 Å². The summed E-state index contributed by atoms with van der Waals surface area (Å²) in [6.07, 6.45) is 4.81. The molecule has 22 heavy (non-hydrogen) atoms. The van der Waals surface area contributed by atoms with E-state index in [-0.39, 0.29) is 26.2 Å². The molecular weight excluding hydrogens is 286 g/mol. The van der Waals surface area contributed by atoms with Crippen molar-refractivity contribution in [2.24, 2.45) is 0 Å². The molecule has 0 N–H and O–H groups in total. The van der Waals surface area contributed by atoms with Crippen molar-refractivity contribution in [2.45, 2.75) is 39.4 Å². The third kappa shape index (κ3) is 4.17. The van der Waals surface area contributed by atoms with E-state index >= 15 is 0 Å². The van der Waals surface area contributed by atoms with Gasteiger partial charge in [0.25, 0.3) is 0 Å². The Morgan fingerprint density at radius 2 is 1.41 bits per heavy atom. The van der Waals surface area contributed by atoms with Gasteiger partial charge in [0.2, 0.25) is 0 Å². The molecule has 0 amide bonds. The van der Waals surface area contributed by atoms with E-state index in [2.05, 4.69) is 13.2 Å². The first-order valence-electron chi connectivity index (χ1n) is 7.32. The van der Waals surface area contributed by atoms with Crippen molar-refractivity contribution >= 4 is 0 Å². The predicted molar refractivity (Wildman–Crippen MR) is 85.3 cm³/mol. The lowest BCUT2D eigenvalue weighted by atomic mass is 10.4. The number of unbranched alkanes of at least 4 members (excludes halogenated alkanes) is 1. The van der Waals surface area contributed by atoms with Crippen LogP contribution in [0.15, 0.2) is 39.7 Å². The van der Waals surface area contributed by atoms with Crippen molar-refractivity contribution in [2.75, 3.05) is 13.2 Å². The third-order valence-corrected chi connectivity index (χ3v) is 3.11. The molecule has 1 heterocycles. The van der Waals surface area contributed by atoms with Gasteiger partial charge in [0, 0.05) is 6.61 Å².